The molecule has 0 radical (unpaired) electrons. The predicted octanol–water partition coefficient (Wildman–Crippen LogP) is 4.29. The van der Waals surface area contributed by atoms with Gasteiger partial charge in [0.15, 0.2) is 0 Å². The Kier molecular flexibility index (Phi) is 5.66. The smallest absolute Gasteiger partial charge is 0.261 e. The van der Waals surface area contributed by atoms with Crippen molar-refractivity contribution in [1.82, 2.24) is 4.90 Å². The van der Waals surface area contributed by atoms with E-state index in [1.54, 1.807) is 24.3 Å². The molecule has 0 saturated heterocycles. The van der Waals surface area contributed by atoms with E-state index in [0.717, 1.165) is 27.6 Å². The maximum Gasteiger partial charge on any atom is 0.261 e. The summed E-state index contributed by atoms with van der Waals surface area (Å²) in [6.07, 6.45) is 0.608. The molecule has 5 rings (SSSR count). The highest BCUT2D eigenvalue weighted by molar-refractivity contribution is 6.25. The zero-order valence-electron chi connectivity index (χ0n) is 19.0. The Morgan fingerprint density at radius 2 is 1.46 bits per heavy atom. The number of hydrogen-bond donors (Lipinski definition) is 3. The van der Waals surface area contributed by atoms with Crippen LogP contribution in [0.2, 0.25) is 0 Å². The van der Waals surface area contributed by atoms with Crippen molar-refractivity contribution in [2.24, 2.45) is 5.73 Å². The first-order valence-corrected chi connectivity index (χ1v) is 11.4. The van der Waals surface area contributed by atoms with Crippen molar-refractivity contribution in [3.05, 3.63) is 95.6 Å². The van der Waals surface area contributed by atoms with Gasteiger partial charge >= 0.3 is 0 Å². The Balaban J connectivity index is 1.21. The number of primary amides is 1. The number of anilines is 2. The van der Waals surface area contributed by atoms with Gasteiger partial charge in [-0.2, -0.15) is 0 Å². The molecule has 0 saturated carbocycles. The molecule has 0 aliphatic carbocycles. The first-order chi connectivity index (χ1) is 16.9. The number of nitrogens with one attached hydrogen (secondary N) is 1. The summed E-state index contributed by atoms with van der Waals surface area (Å²) in [5, 5.41) is 4.97. The van der Waals surface area contributed by atoms with Gasteiger partial charge in [-0.3, -0.25) is 19.3 Å². The Morgan fingerprint density at radius 3 is 2.09 bits per heavy atom. The number of nitrogens with zero attached hydrogens (tertiary/aromatic N) is 1. The first-order valence-electron chi connectivity index (χ1n) is 11.4. The van der Waals surface area contributed by atoms with Gasteiger partial charge in [0, 0.05) is 41.0 Å². The lowest BCUT2D eigenvalue weighted by Crippen LogP contribution is -2.41. The summed E-state index contributed by atoms with van der Waals surface area (Å²) >= 11 is 0. The second-order valence-electron chi connectivity index (χ2n) is 8.50. The monoisotopic (exact) mass is 464 g/mol. The molecule has 0 atom stereocenters. The Labute approximate surface area is 202 Å². The maximum atomic E-state index is 13.0. The van der Waals surface area contributed by atoms with E-state index in [1.165, 1.54) is 4.90 Å². The average Bonchev–Trinajstić information content (AvgIpc) is 2.87. The van der Waals surface area contributed by atoms with Gasteiger partial charge in [0.2, 0.25) is 0 Å². The minimum Gasteiger partial charge on any atom is -0.398 e. The molecule has 0 bridgehead atoms. The van der Waals surface area contributed by atoms with Gasteiger partial charge in [-0.15, -0.1) is 0 Å². The van der Waals surface area contributed by atoms with E-state index in [2.05, 4.69) is 5.32 Å². The predicted molar refractivity (Wildman–Crippen MR) is 137 cm³/mol. The minimum absolute atomic E-state index is 0.248. The van der Waals surface area contributed by atoms with E-state index < -0.39 is 5.91 Å². The molecule has 7 nitrogen and oxygen atoms in total. The second-order valence-corrected chi connectivity index (χ2v) is 8.50. The minimum atomic E-state index is -0.562. The number of imide groups is 1. The number of rotatable bonds is 7. The van der Waals surface area contributed by atoms with Crippen LogP contribution < -0.4 is 16.8 Å². The standard InChI is InChI=1S/C28H24N4O3/c29-24-13-10-19(16-23(24)26(30)33)17-8-11-20(12-9-17)31-14-3-15-32-27(34)21-6-1-4-18-5-2-7-22(25(18)21)28(32)35/h1-2,4-13,16,31H,3,14-15,29H2,(H2,30,33). The van der Waals surface area contributed by atoms with Gasteiger partial charge in [0.1, 0.15) is 0 Å². The SMILES string of the molecule is NC(=O)c1cc(-c2ccc(NCCCN3C(=O)c4cccc5cccc(c45)C3=O)cc2)ccc1N. The molecular weight excluding hydrogens is 440 g/mol. The molecule has 5 N–H and O–H groups in total. The summed E-state index contributed by atoms with van der Waals surface area (Å²) in [6, 6.07) is 24.0. The quantitative estimate of drug-likeness (QED) is 0.214. The van der Waals surface area contributed by atoms with Crippen molar-refractivity contribution in [3.8, 4) is 11.1 Å². The van der Waals surface area contributed by atoms with Crippen LogP contribution >= 0.6 is 0 Å². The number of hydrogen-bond acceptors (Lipinski definition) is 5. The fourth-order valence-electron chi connectivity index (χ4n) is 4.48. The van der Waals surface area contributed by atoms with Crippen molar-refractivity contribution in [2.75, 3.05) is 24.1 Å². The molecule has 0 unspecified atom stereocenters. The molecule has 3 amide bonds. The highest BCUT2D eigenvalue weighted by atomic mass is 16.2. The Bertz CT molecular complexity index is 1430. The largest absolute Gasteiger partial charge is 0.398 e. The summed E-state index contributed by atoms with van der Waals surface area (Å²) in [5.41, 5.74) is 15.7. The van der Waals surface area contributed by atoms with Crippen LogP contribution in [0.1, 0.15) is 37.5 Å². The van der Waals surface area contributed by atoms with E-state index in [9.17, 15) is 14.4 Å². The van der Waals surface area contributed by atoms with Crippen molar-refractivity contribution in [3.63, 3.8) is 0 Å². The zero-order valence-corrected chi connectivity index (χ0v) is 19.0. The number of nitrogens with two attached hydrogens (primary N) is 2. The van der Waals surface area contributed by atoms with Crippen LogP contribution in [-0.2, 0) is 0 Å². The van der Waals surface area contributed by atoms with Crippen LogP contribution in [0.3, 0.4) is 0 Å². The van der Waals surface area contributed by atoms with Gasteiger partial charge in [-0.05, 0) is 59.3 Å². The van der Waals surface area contributed by atoms with Crippen molar-refractivity contribution < 1.29 is 14.4 Å². The van der Waals surface area contributed by atoms with Crippen molar-refractivity contribution in [2.45, 2.75) is 6.42 Å². The molecule has 4 aromatic carbocycles. The third-order valence-electron chi connectivity index (χ3n) is 6.28. The van der Waals surface area contributed by atoms with E-state index in [4.69, 9.17) is 11.5 Å². The van der Waals surface area contributed by atoms with Gasteiger partial charge < -0.3 is 16.8 Å². The van der Waals surface area contributed by atoms with Crippen LogP contribution in [0.15, 0.2) is 78.9 Å². The molecule has 1 aliphatic rings. The highest BCUT2D eigenvalue weighted by Gasteiger charge is 2.32. The normalized spacial score (nSPS) is 12.7. The maximum absolute atomic E-state index is 13.0. The third kappa shape index (κ3) is 4.08. The van der Waals surface area contributed by atoms with Crippen molar-refractivity contribution >= 4 is 39.9 Å². The fourth-order valence-corrected chi connectivity index (χ4v) is 4.48. The van der Waals surface area contributed by atoms with Crippen LogP contribution in [0, 0.1) is 0 Å². The molecule has 0 aromatic heterocycles. The fraction of sp³-hybridized carbons (Fsp3) is 0.107. The third-order valence-corrected chi connectivity index (χ3v) is 6.28. The second kappa shape index (κ2) is 8.95. The highest BCUT2D eigenvalue weighted by Crippen LogP contribution is 2.30. The van der Waals surface area contributed by atoms with Crippen LogP contribution in [-0.4, -0.2) is 35.7 Å². The zero-order chi connectivity index (χ0) is 24.5. The van der Waals surface area contributed by atoms with E-state index in [0.29, 0.717) is 41.9 Å². The summed E-state index contributed by atoms with van der Waals surface area (Å²) < 4.78 is 0. The molecular formula is C28H24N4O3. The summed E-state index contributed by atoms with van der Waals surface area (Å²) in [7, 11) is 0. The van der Waals surface area contributed by atoms with Crippen molar-refractivity contribution in [1.29, 1.82) is 0 Å². The Morgan fingerprint density at radius 1 is 0.829 bits per heavy atom. The van der Waals surface area contributed by atoms with Gasteiger partial charge in [0.25, 0.3) is 17.7 Å². The number of nitrogen functional groups attached to an aromatic ring is 1. The van der Waals surface area contributed by atoms with Crippen LogP contribution in [0.25, 0.3) is 21.9 Å². The van der Waals surface area contributed by atoms with Crippen LogP contribution in [0.5, 0.6) is 0 Å². The lowest BCUT2D eigenvalue weighted by molar-refractivity contribution is 0.0610. The molecule has 7 heteroatoms. The molecule has 174 valence electrons. The molecule has 35 heavy (non-hydrogen) atoms. The van der Waals surface area contributed by atoms with Gasteiger partial charge in [-0.1, -0.05) is 42.5 Å². The Hall–Kier alpha value is -4.65. The lowest BCUT2D eigenvalue weighted by atomic mass is 9.94. The summed E-state index contributed by atoms with van der Waals surface area (Å²) in [4.78, 5) is 38.9. The summed E-state index contributed by atoms with van der Waals surface area (Å²) in [5.74, 6) is -1.06. The van der Waals surface area contributed by atoms with Gasteiger partial charge in [-0.25, -0.2) is 0 Å². The van der Waals surface area contributed by atoms with Gasteiger partial charge in [0.05, 0.1) is 5.56 Å². The molecule has 1 heterocycles. The lowest BCUT2D eigenvalue weighted by Gasteiger charge is -2.27. The molecule has 1 aliphatic heterocycles. The average molecular weight is 465 g/mol. The molecule has 0 spiro atoms. The molecule has 0 fully saturated rings. The van der Waals surface area contributed by atoms with E-state index in [1.807, 2.05) is 54.6 Å². The number of carbonyl (C=O) groups is 3. The molecule has 4 aromatic rings. The topological polar surface area (TPSA) is 119 Å². The summed E-state index contributed by atoms with van der Waals surface area (Å²) in [6.45, 7) is 0.921. The first kappa shape index (κ1) is 22.2. The number of amides is 3. The van der Waals surface area contributed by atoms with E-state index in [-0.39, 0.29) is 11.8 Å². The van der Waals surface area contributed by atoms with Crippen LogP contribution in [0.4, 0.5) is 11.4 Å². The number of carbonyl (C=O) groups excluding carboxylic acids is 3. The number of benzene rings is 4. The van der Waals surface area contributed by atoms with E-state index >= 15 is 0 Å².